The van der Waals surface area contributed by atoms with E-state index in [1.807, 2.05) is 12.1 Å². The van der Waals surface area contributed by atoms with Gasteiger partial charge in [-0.05, 0) is 62.4 Å². The van der Waals surface area contributed by atoms with Crippen molar-refractivity contribution in [3.05, 3.63) is 38.4 Å². The Morgan fingerprint density at radius 2 is 2.00 bits per heavy atom. The third-order valence-electron chi connectivity index (χ3n) is 3.06. The van der Waals surface area contributed by atoms with E-state index in [2.05, 4.69) is 42.0 Å². The average Bonchev–Trinajstić information content (AvgIpc) is 3.17. The summed E-state index contributed by atoms with van der Waals surface area (Å²) in [6, 6.07) is 3.87. The summed E-state index contributed by atoms with van der Waals surface area (Å²) in [5.74, 6) is 2.47. The number of hydrogen-bond donors (Lipinski definition) is 1. The van der Waals surface area contributed by atoms with Crippen LogP contribution in [0.5, 0.6) is 5.75 Å². The van der Waals surface area contributed by atoms with E-state index in [0.717, 1.165) is 33.2 Å². The van der Waals surface area contributed by atoms with Crippen molar-refractivity contribution in [2.75, 3.05) is 0 Å². The fraction of sp³-hybridized carbons (Fsp3) is 0.385. The summed E-state index contributed by atoms with van der Waals surface area (Å²) < 4.78 is 12.6. The summed E-state index contributed by atoms with van der Waals surface area (Å²) in [5.41, 5.74) is 6.64. The van der Waals surface area contributed by atoms with Gasteiger partial charge >= 0.3 is 0 Å². The molecule has 0 bridgehead atoms. The zero-order valence-corrected chi connectivity index (χ0v) is 13.8. The normalized spacial score (nSPS) is 14.6. The van der Waals surface area contributed by atoms with Gasteiger partial charge in [0.05, 0.1) is 8.95 Å². The van der Waals surface area contributed by atoms with Crippen LogP contribution in [-0.2, 0) is 13.2 Å². The predicted octanol–water partition coefficient (Wildman–Crippen LogP) is 3.51. The molecule has 0 spiro atoms. The fourth-order valence-corrected chi connectivity index (χ4v) is 3.35. The van der Waals surface area contributed by atoms with E-state index < -0.39 is 0 Å². The van der Waals surface area contributed by atoms with Crippen molar-refractivity contribution < 1.29 is 9.26 Å². The second-order valence-electron chi connectivity index (χ2n) is 4.70. The summed E-state index contributed by atoms with van der Waals surface area (Å²) in [5, 5.41) is 3.96. The van der Waals surface area contributed by atoms with Gasteiger partial charge in [-0.1, -0.05) is 5.16 Å². The van der Waals surface area contributed by atoms with E-state index in [0.29, 0.717) is 24.1 Å². The lowest BCUT2D eigenvalue weighted by Crippen LogP contribution is -2.00. The van der Waals surface area contributed by atoms with Crippen molar-refractivity contribution in [1.82, 2.24) is 10.1 Å². The number of aromatic nitrogens is 2. The zero-order valence-electron chi connectivity index (χ0n) is 10.6. The monoisotopic (exact) mass is 401 g/mol. The lowest BCUT2D eigenvalue weighted by atomic mass is 10.2. The number of nitrogens with zero attached hydrogens (tertiary/aromatic N) is 2. The van der Waals surface area contributed by atoms with Crippen molar-refractivity contribution in [3.63, 3.8) is 0 Å². The molecule has 1 aliphatic rings. The molecule has 106 valence electrons. The second-order valence-corrected chi connectivity index (χ2v) is 6.41. The first-order valence-electron chi connectivity index (χ1n) is 6.30. The number of benzene rings is 1. The molecule has 0 unspecified atom stereocenters. The van der Waals surface area contributed by atoms with Gasteiger partial charge in [0.15, 0.2) is 12.4 Å². The Hall–Kier alpha value is -0.920. The van der Waals surface area contributed by atoms with Gasteiger partial charge in [0, 0.05) is 12.5 Å². The van der Waals surface area contributed by atoms with Crippen LogP contribution >= 0.6 is 31.9 Å². The van der Waals surface area contributed by atoms with Gasteiger partial charge in [-0.2, -0.15) is 4.98 Å². The largest absolute Gasteiger partial charge is 0.481 e. The molecule has 5 nitrogen and oxygen atoms in total. The molecule has 3 rings (SSSR count). The van der Waals surface area contributed by atoms with Crippen LogP contribution in [0, 0.1) is 0 Å². The van der Waals surface area contributed by atoms with Gasteiger partial charge in [0.2, 0.25) is 0 Å². The SMILES string of the molecule is NCc1cc(Br)c(OCc2nc(C3CC3)no2)c(Br)c1. The number of halogens is 2. The van der Waals surface area contributed by atoms with Crippen molar-refractivity contribution >= 4 is 31.9 Å². The van der Waals surface area contributed by atoms with Crippen molar-refractivity contribution in [2.45, 2.75) is 31.9 Å². The first-order valence-corrected chi connectivity index (χ1v) is 7.89. The van der Waals surface area contributed by atoms with E-state index in [1.54, 1.807) is 0 Å². The van der Waals surface area contributed by atoms with Crippen LogP contribution in [-0.4, -0.2) is 10.1 Å². The van der Waals surface area contributed by atoms with Gasteiger partial charge in [0.25, 0.3) is 5.89 Å². The highest BCUT2D eigenvalue weighted by molar-refractivity contribution is 9.11. The molecule has 20 heavy (non-hydrogen) atoms. The number of hydrogen-bond acceptors (Lipinski definition) is 5. The van der Waals surface area contributed by atoms with Crippen molar-refractivity contribution in [1.29, 1.82) is 0 Å². The first kappa shape index (κ1) is 14.0. The average molecular weight is 403 g/mol. The highest BCUT2D eigenvalue weighted by atomic mass is 79.9. The molecular formula is C13H13Br2N3O2. The van der Waals surface area contributed by atoms with Crippen molar-refractivity contribution in [2.24, 2.45) is 5.73 Å². The Morgan fingerprint density at radius 3 is 2.60 bits per heavy atom. The van der Waals surface area contributed by atoms with Gasteiger partial charge in [-0.3, -0.25) is 0 Å². The molecule has 1 fully saturated rings. The highest BCUT2D eigenvalue weighted by Gasteiger charge is 2.28. The molecule has 1 aliphatic carbocycles. The minimum absolute atomic E-state index is 0.249. The Balaban J connectivity index is 1.70. The maximum atomic E-state index is 5.74. The molecule has 7 heteroatoms. The van der Waals surface area contributed by atoms with Crippen LogP contribution in [0.4, 0.5) is 0 Å². The molecule has 2 N–H and O–H groups in total. The molecule has 1 aromatic heterocycles. The first-order chi connectivity index (χ1) is 9.67. The van der Waals surface area contributed by atoms with Crippen LogP contribution in [0.15, 0.2) is 25.6 Å². The lowest BCUT2D eigenvalue weighted by Gasteiger charge is -2.10. The molecule has 1 saturated carbocycles. The third kappa shape index (κ3) is 3.05. The molecule has 0 amide bonds. The Labute approximate surface area is 133 Å². The van der Waals surface area contributed by atoms with Crippen LogP contribution in [0.2, 0.25) is 0 Å². The molecule has 1 heterocycles. The van der Waals surface area contributed by atoms with Crippen LogP contribution in [0.1, 0.15) is 36.0 Å². The van der Waals surface area contributed by atoms with E-state index >= 15 is 0 Å². The van der Waals surface area contributed by atoms with Crippen LogP contribution in [0.25, 0.3) is 0 Å². The third-order valence-corrected chi connectivity index (χ3v) is 4.24. The summed E-state index contributed by atoms with van der Waals surface area (Å²) >= 11 is 6.95. The predicted molar refractivity (Wildman–Crippen MR) is 80.3 cm³/mol. The van der Waals surface area contributed by atoms with E-state index in [-0.39, 0.29) is 6.61 Å². The minimum atomic E-state index is 0.249. The summed E-state index contributed by atoms with van der Waals surface area (Å²) in [6.45, 7) is 0.727. The molecule has 0 atom stereocenters. The molecule has 0 saturated heterocycles. The van der Waals surface area contributed by atoms with Gasteiger partial charge in [0.1, 0.15) is 5.75 Å². The summed E-state index contributed by atoms with van der Waals surface area (Å²) in [4.78, 5) is 4.33. The number of ether oxygens (including phenoxy) is 1. The Kier molecular flexibility index (Phi) is 4.09. The lowest BCUT2D eigenvalue weighted by molar-refractivity contribution is 0.240. The van der Waals surface area contributed by atoms with Crippen molar-refractivity contribution in [3.8, 4) is 5.75 Å². The van der Waals surface area contributed by atoms with Gasteiger partial charge in [-0.25, -0.2) is 0 Å². The zero-order chi connectivity index (χ0) is 14.1. The smallest absolute Gasteiger partial charge is 0.264 e. The number of rotatable bonds is 5. The maximum Gasteiger partial charge on any atom is 0.264 e. The molecule has 2 aromatic rings. The summed E-state index contributed by atoms with van der Waals surface area (Å²) in [6.07, 6.45) is 2.30. The van der Waals surface area contributed by atoms with Gasteiger partial charge < -0.3 is 15.0 Å². The quantitative estimate of drug-likeness (QED) is 0.828. The highest BCUT2D eigenvalue weighted by Crippen LogP contribution is 2.38. The van der Waals surface area contributed by atoms with E-state index in [9.17, 15) is 0 Å². The Morgan fingerprint density at radius 1 is 1.30 bits per heavy atom. The second kappa shape index (κ2) is 5.83. The van der Waals surface area contributed by atoms with Crippen LogP contribution in [0.3, 0.4) is 0 Å². The Bertz CT molecular complexity index is 603. The summed E-state index contributed by atoms with van der Waals surface area (Å²) in [7, 11) is 0. The molecule has 0 radical (unpaired) electrons. The molecule has 1 aromatic carbocycles. The van der Waals surface area contributed by atoms with Crippen LogP contribution < -0.4 is 10.5 Å². The fourth-order valence-electron chi connectivity index (χ4n) is 1.84. The van der Waals surface area contributed by atoms with E-state index in [1.165, 1.54) is 0 Å². The topological polar surface area (TPSA) is 74.2 Å². The maximum absolute atomic E-state index is 5.74. The van der Waals surface area contributed by atoms with Gasteiger partial charge in [-0.15, -0.1) is 0 Å². The standard InChI is InChI=1S/C13H13Br2N3O2/c14-9-3-7(5-16)4-10(15)12(9)19-6-11-17-13(18-20-11)8-1-2-8/h3-4,8H,1-2,5-6,16H2. The van der Waals surface area contributed by atoms with E-state index in [4.69, 9.17) is 15.0 Å². The number of nitrogens with two attached hydrogens (primary N) is 1. The molecular weight excluding hydrogens is 390 g/mol. The minimum Gasteiger partial charge on any atom is -0.481 e. The molecule has 0 aliphatic heterocycles.